The van der Waals surface area contributed by atoms with E-state index in [1.807, 2.05) is 0 Å². The van der Waals surface area contributed by atoms with Gasteiger partial charge in [0.05, 0.1) is 36.2 Å². The first kappa shape index (κ1) is 19.7. The molecule has 28 heavy (non-hydrogen) atoms. The molecule has 2 aromatic rings. The molecule has 0 unspecified atom stereocenters. The molecule has 1 fully saturated rings. The number of ether oxygens (including phenoxy) is 2. The Morgan fingerprint density at radius 2 is 1.86 bits per heavy atom. The van der Waals surface area contributed by atoms with Crippen LogP contribution in [0.1, 0.15) is 42.5 Å². The molecule has 1 aliphatic rings. The standard InChI is InChI=1S/C21H19F3N2O2/c1-27-20-13-26-18(11-19(20)28-17-4-2-3-5-17)15(12-25)10-14-6-8-16(9-7-14)21(22,23)24/h6-11,13,17H,2-5H2,1H3. The SMILES string of the molecule is COc1cnc(C(C#N)=Cc2ccc(C(F)(F)F)cc2)cc1OC1CCCC1. The van der Waals surface area contributed by atoms with Crippen molar-refractivity contribution in [3.8, 4) is 17.6 Å². The van der Waals surface area contributed by atoms with Crippen LogP contribution in [0, 0.1) is 11.3 Å². The number of alkyl halides is 3. The molecule has 0 aliphatic heterocycles. The molecule has 0 spiro atoms. The maximum atomic E-state index is 12.7. The molecule has 0 radical (unpaired) electrons. The second-order valence-corrected chi connectivity index (χ2v) is 6.53. The first-order valence-electron chi connectivity index (χ1n) is 8.91. The van der Waals surface area contributed by atoms with Crippen molar-refractivity contribution in [3.05, 3.63) is 53.3 Å². The zero-order valence-corrected chi connectivity index (χ0v) is 15.3. The van der Waals surface area contributed by atoms with Crippen molar-refractivity contribution in [2.75, 3.05) is 7.11 Å². The minimum Gasteiger partial charge on any atom is -0.491 e. The van der Waals surface area contributed by atoms with Gasteiger partial charge in [-0.15, -0.1) is 0 Å². The van der Waals surface area contributed by atoms with Crippen molar-refractivity contribution in [2.24, 2.45) is 0 Å². The normalized spacial score (nSPS) is 15.3. The largest absolute Gasteiger partial charge is 0.491 e. The summed E-state index contributed by atoms with van der Waals surface area (Å²) in [6, 6.07) is 8.29. The summed E-state index contributed by atoms with van der Waals surface area (Å²) in [4.78, 5) is 4.23. The van der Waals surface area contributed by atoms with Crippen LogP contribution >= 0.6 is 0 Å². The lowest BCUT2D eigenvalue weighted by Gasteiger charge is -2.16. The van der Waals surface area contributed by atoms with Gasteiger partial charge in [0.15, 0.2) is 11.5 Å². The second-order valence-electron chi connectivity index (χ2n) is 6.53. The molecular formula is C21H19F3N2O2. The average Bonchev–Trinajstić information content (AvgIpc) is 3.19. The van der Waals surface area contributed by atoms with E-state index < -0.39 is 11.7 Å². The summed E-state index contributed by atoms with van der Waals surface area (Å²) in [5, 5.41) is 9.52. The molecule has 146 valence electrons. The molecule has 1 aromatic heterocycles. The van der Waals surface area contributed by atoms with E-state index in [2.05, 4.69) is 11.1 Å². The molecule has 4 nitrogen and oxygen atoms in total. The monoisotopic (exact) mass is 388 g/mol. The van der Waals surface area contributed by atoms with Gasteiger partial charge in [-0.05, 0) is 49.5 Å². The van der Waals surface area contributed by atoms with Crippen molar-refractivity contribution >= 4 is 11.6 Å². The van der Waals surface area contributed by atoms with Gasteiger partial charge in [0.1, 0.15) is 6.07 Å². The molecule has 7 heteroatoms. The fourth-order valence-electron chi connectivity index (χ4n) is 3.10. The summed E-state index contributed by atoms with van der Waals surface area (Å²) in [5.74, 6) is 0.982. The van der Waals surface area contributed by atoms with Crippen LogP contribution in [0.5, 0.6) is 11.5 Å². The number of hydrogen-bond acceptors (Lipinski definition) is 4. The summed E-state index contributed by atoms with van der Waals surface area (Å²) < 4.78 is 49.4. The number of benzene rings is 1. The van der Waals surface area contributed by atoms with Crippen LogP contribution in [-0.4, -0.2) is 18.2 Å². The number of nitriles is 1. The summed E-state index contributed by atoms with van der Waals surface area (Å²) in [6.45, 7) is 0. The Bertz CT molecular complexity index is 893. The highest BCUT2D eigenvalue weighted by molar-refractivity contribution is 5.88. The van der Waals surface area contributed by atoms with Crippen molar-refractivity contribution in [3.63, 3.8) is 0 Å². The van der Waals surface area contributed by atoms with Crippen LogP contribution in [0.2, 0.25) is 0 Å². The maximum absolute atomic E-state index is 12.7. The zero-order chi connectivity index (χ0) is 20.1. The van der Waals surface area contributed by atoms with Gasteiger partial charge >= 0.3 is 6.18 Å². The van der Waals surface area contributed by atoms with E-state index >= 15 is 0 Å². The first-order valence-corrected chi connectivity index (χ1v) is 8.91. The number of pyridine rings is 1. The molecule has 0 N–H and O–H groups in total. The third kappa shape index (κ3) is 4.63. The van der Waals surface area contributed by atoms with E-state index in [9.17, 15) is 18.4 Å². The molecule has 1 aliphatic carbocycles. The summed E-state index contributed by atoms with van der Waals surface area (Å²) >= 11 is 0. The van der Waals surface area contributed by atoms with Gasteiger partial charge in [-0.25, -0.2) is 0 Å². The summed E-state index contributed by atoms with van der Waals surface area (Å²) in [6.07, 6.45) is 2.84. The number of aromatic nitrogens is 1. The van der Waals surface area contributed by atoms with E-state index in [0.717, 1.165) is 37.8 Å². The molecular weight excluding hydrogens is 369 g/mol. The lowest BCUT2D eigenvalue weighted by molar-refractivity contribution is -0.137. The number of methoxy groups -OCH3 is 1. The Kier molecular flexibility index (Phi) is 5.88. The van der Waals surface area contributed by atoms with Crippen LogP contribution < -0.4 is 9.47 Å². The van der Waals surface area contributed by atoms with Crippen LogP contribution in [0.25, 0.3) is 11.6 Å². The Morgan fingerprint density at radius 1 is 1.18 bits per heavy atom. The van der Waals surface area contributed by atoms with E-state index in [-0.39, 0.29) is 11.7 Å². The van der Waals surface area contributed by atoms with Crippen molar-refractivity contribution < 1.29 is 22.6 Å². The van der Waals surface area contributed by atoms with E-state index in [1.54, 1.807) is 6.07 Å². The summed E-state index contributed by atoms with van der Waals surface area (Å²) in [7, 11) is 1.52. The number of rotatable bonds is 5. The van der Waals surface area contributed by atoms with Gasteiger partial charge in [-0.2, -0.15) is 18.4 Å². The maximum Gasteiger partial charge on any atom is 0.416 e. The van der Waals surface area contributed by atoms with Crippen LogP contribution in [0.3, 0.4) is 0 Å². The molecule has 1 aromatic carbocycles. The Balaban J connectivity index is 1.89. The first-order chi connectivity index (χ1) is 13.4. The number of halogens is 3. The van der Waals surface area contributed by atoms with Gasteiger partial charge in [0.25, 0.3) is 0 Å². The van der Waals surface area contributed by atoms with Crippen molar-refractivity contribution in [2.45, 2.75) is 38.0 Å². The predicted molar refractivity (Wildman–Crippen MR) is 98.6 cm³/mol. The molecule has 3 rings (SSSR count). The van der Waals surface area contributed by atoms with Gasteiger partial charge in [0, 0.05) is 6.07 Å². The Labute approximate surface area is 161 Å². The van der Waals surface area contributed by atoms with E-state index in [4.69, 9.17) is 9.47 Å². The number of allylic oxidation sites excluding steroid dienone is 1. The van der Waals surface area contributed by atoms with Crippen molar-refractivity contribution in [1.29, 1.82) is 5.26 Å². The molecule has 0 saturated heterocycles. The van der Waals surface area contributed by atoms with Crippen LogP contribution in [0.15, 0.2) is 36.5 Å². The Hall–Kier alpha value is -3.01. The lowest BCUT2D eigenvalue weighted by Crippen LogP contribution is -2.12. The van der Waals surface area contributed by atoms with Crippen LogP contribution in [-0.2, 0) is 6.18 Å². The topological polar surface area (TPSA) is 55.1 Å². The quantitative estimate of drug-likeness (QED) is 0.635. The fraction of sp³-hybridized carbons (Fsp3) is 0.333. The third-order valence-corrected chi connectivity index (χ3v) is 4.59. The predicted octanol–water partition coefficient (Wildman–Crippen LogP) is 5.49. The minimum atomic E-state index is -4.40. The molecule has 0 amide bonds. The number of nitrogens with zero attached hydrogens (tertiary/aromatic N) is 2. The van der Waals surface area contributed by atoms with Crippen molar-refractivity contribution in [1.82, 2.24) is 4.98 Å². The Morgan fingerprint density at radius 3 is 2.43 bits per heavy atom. The van der Waals surface area contributed by atoms with Gasteiger partial charge < -0.3 is 9.47 Å². The minimum absolute atomic E-state index is 0.105. The second kappa shape index (κ2) is 8.34. The van der Waals surface area contributed by atoms with E-state index in [1.165, 1.54) is 31.5 Å². The number of hydrogen-bond donors (Lipinski definition) is 0. The summed E-state index contributed by atoms with van der Waals surface area (Å²) in [5.41, 5.74) is 0.327. The molecule has 1 saturated carbocycles. The third-order valence-electron chi connectivity index (χ3n) is 4.59. The molecule has 1 heterocycles. The lowest BCUT2D eigenvalue weighted by atomic mass is 10.1. The molecule has 0 bridgehead atoms. The van der Waals surface area contributed by atoms with Gasteiger partial charge in [0.2, 0.25) is 0 Å². The highest BCUT2D eigenvalue weighted by atomic mass is 19.4. The zero-order valence-electron chi connectivity index (χ0n) is 15.3. The smallest absolute Gasteiger partial charge is 0.416 e. The van der Waals surface area contributed by atoms with Gasteiger partial charge in [-0.3, -0.25) is 4.98 Å². The van der Waals surface area contributed by atoms with E-state index in [0.29, 0.717) is 22.8 Å². The fourth-order valence-corrected chi connectivity index (χ4v) is 3.10. The average molecular weight is 388 g/mol. The highest BCUT2D eigenvalue weighted by Crippen LogP contribution is 2.33. The van der Waals surface area contributed by atoms with Crippen LogP contribution in [0.4, 0.5) is 13.2 Å². The highest BCUT2D eigenvalue weighted by Gasteiger charge is 2.29. The van der Waals surface area contributed by atoms with Gasteiger partial charge in [-0.1, -0.05) is 12.1 Å². The molecule has 0 atom stereocenters.